The fraction of sp³-hybridized carbons (Fsp3) is 0.923. The van der Waals surface area contributed by atoms with Crippen LogP contribution in [0.3, 0.4) is 0 Å². The van der Waals surface area contributed by atoms with Crippen LogP contribution in [-0.4, -0.2) is 42.0 Å². The van der Waals surface area contributed by atoms with Gasteiger partial charge in [-0.25, -0.2) is 0 Å². The predicted molar refractivity (Wildman–Crippen MR) is 70.8 cm³/mol. The van der Waals surface area contributed by atoms with Gasteiger partial charge in [0.25, 0.3) is 0 Å². The molecule has 0 aliphatic carbocycles. The first-order chi connectivity index (χ1) is 8.05. The zero-order chi connectivity index (χ0) is 12.9. The maximum atomic E-state index is 12.1. The number of amides is 1. The third-order valence-corrected chi connectivity index (χ3v) is 4.00. The van der Waals surface area contributed by atoms with Crippen molar-refractivity contribution in [2.24, 2.45) is 5.73 Å². The van der Waals surface area contributed by atoms with Crippen molar-refractivity contribution in [3.05, 3.63) is 0 Å². The Kier molecular flexibility index (Phi) is 5.40. The number of likely N-dealkylation sites (tertiary alicyclic amines) is 1. The number of carbonyl (C=O) groups is 1. The fourth-order valence-corrected chi connectivity index (χ4v) is 2.36. The highest BCUT2D eigenvalue weighted by Crippen LogP contribution is 2.14. The van der Waals surface area contributed by atoms with Gasteiger partial charge in [0.2, 0.25) is 5.91 Å². The zero-order valence-electron chi connectivity index (χ0n) is 11.5. The summed E-state index contributed by atoms with van der Waals surface area (Å²) in [5, 5.41) is 3.12. The second-order valence-corrected chi connectivity index (χ2v) is 5.07. The van der Waals surface area contributed by atoms with E-state index in [9.17, 15) is 4.79 Å². The van der Waals surface area contributed by atoms with E-state index in [2.05, 4.69) is 17.1 Å². The Hall–Kier alpha value is -0.610. The van der Waals surface area contributed by atoms with Crippen molar-refractivity contribution < 1.29 is 4.79 Å². The summed E-state index contributed by atoms with van der Waals surface area (Å²) in [6.07, 6.45) is 3.62. The third-order valence-electron chi connectivity index (χ3n) is 4.00. The second kappa shape index (κ2) is 6.36. The zero-order valence-corrected chi connectivity index (χ0v) is 11.5. The number of rotatable bonds is 5. The maximum absolute atomic E-state index is 12.1. The SMILES string of the molecule is CCN1CCCC(NC(=O)C(N)(CC)CC)C1. The molecule has 0 spiro atoms. The number of hydrogen-bond acceptors (Lipinski definition) is 3. The molecule has 0 aromatic rings. The van der Waals surface area contributed by atoms with Gasteiger partial charge in [-0.1, -0.05) is 20.8 Å². The van der Waals surface area contributed by atoms with Crippen LogP contribution in [-0.2, 0) is 4.79 Å². The smallest absolute Gasteiger partial charge is 0.240 e. The molecule has 0 bridgehead atoms. The van der Waals surface area contributed by atoms with Gasteiger partial charge in [-0.2, -0.15) is 0 Å². The molecule has 0 radical (unpaired) electrons. The van der Waals surface area contributed by atoms with E-state index in [-0.39, 0.29) is 11.9 Å². The summed E-state index contributed by atoms with van der Waals surface area (Å²) in [6, 6.07) is 0.275. The predicted octanol–water partition coefficient (Wildman–Crippen LogP) is 1.10. The monoisotopic (exact) mass is 241 g/mol. The van der Waals surface area contributed by atoms with Gasteiger partial charge in [0.1, 0.15) is 0 Å². The molecule has 100 valence electrons. The maximum Gasteiger partial charge on any atom is 0.240 e. The molecule has 1 amide bonds. The summed E-state index contributed by atoms with van der Waals surface area (Å²) < 4.78 is 0. The van der Waals surface area contributed by atoms with Gasteiger partial charge in [-0.15, -0.1) is 0 Å². The van der Waals surface area contributed by atoms with E-state index in [0.29, 0.717) is 12.8 Å². The number of nitrogens with one attached hydrogen (secondary N) is 1. The first kappa shape index (κ1) is 14.5. The van der Waals surface area contributed by atoms with E-state index < -0.39 is 5.54 Å². The Balaban J connectivity index is 2.50. The molecule has 17 heavy (non-hydrogen) atoms. The number of nitrogens with two attached hydrogens (primary N) is 1. The van der Waals surface area contributed by atoms with Crippen molar-refractivity contribution in [2.75, 3.05) is 19.6 Å². The molecule has 1 saturated heterocycles. The minimum Gasteiger partial charge on any atom is -0.350 e. The van der Waals surface area contributed by atoms with Crippen LogP contribution < -0.4 is 11.1 Å². The van der Waals surface area contributed by atoms with E-state index in [1.54, 1.807) is 0 Å². The Labute approximate surface area is 105 Å². The molecule has 1 fully saturated rings. The number of hydrogen-bond donors (Lipinski definition) is 2. The van der Waals surface area contributed by atoms with Crippen molar-refractivity contribution in [3.63, 3.8) is 0 Å². The van der Waals surface area contributed by atoms with Crippen LogP contribution in [0.25, 0.3) is 0 Å². The van der Waals surface area contributed by atoms with Gasteiger partial charge in [0, 0.05) is 12.6 Å². The Morgan fingerprint density at radius 3 is 2.59 bits per heavy atom. The van der Waals surface area contributed by atoms with Crippen molar-refractivity contribution in [1.29, 1.82) is 0 Å². The lowest BCUT2D eigenvalue weighted by molar-refractivity contribution is -0.127. The third kappa shape index (κ3) is 3.68. The van der Waals surface area contributed by atoms with Gasteiger partial charge in [-0.3, -0.25) is 4.79 Å². The summed E-state index contributed by atoms with van der Waals surface area (Å²) in [7, 11) is 0. The van der Waals surface area contributed by atoms with Crippen molar-refractivity contribution >= 4 is 5.91 Å². The first-order valence-corrected chi connectivity index (χ1v) is 6.88. The molecule has 3 N–H and O–H groups in total. The quantitative estimate of drug-likeness (QED) is 0.758. The molecule has 4 heteroatoms. The topological polar surface area (TPSA) is 58.4 Å². The Morgan fingerprint density at radius 2 is 2.06 bits per heavy atom. The average Bonchev–Trinajstić information content (AvgIpc) is 2.37. The van der Waals surface area contributed by atoms with E-state index in [4.69, 9.17) is 5.73 Å². The molecule has 4 nitrogen and oxygen atoms in total. The van der Waals surface area contributed by atoms with Crippen LogP contribution in [0.15, 0.2) is 0 Å². The van der Waals surface area contributed by atoms with Gasteiger partial charge < -0.3 is 16.0 Å². The fourth-order valence-electron chi connectivity index (χ4n) is 2.36. The summed E-state index contributed by atoms with van der Waals surface area (Å²) in [5.74, 6) is 0.0189. The van der Waals surface area contributed by atoms with Crippen LogP contribution in [0.4, 0.5) is 0 Å². The molecular formula is C13H27N3O. The molecule has 0 aromatic carbocycles. The van der Waals surface area contributed by atoms with Crippen LogP contribution >= 0.6 is 0 Å². The first-order valence-electron chi connectivity index (χ1n) is 6.88. The standard InChI is InChI=1S/C13H27N3O/c1-4-13(14,5-2)12(17)15-11-8-7-9-16(6-3)10-11/h11H,4-10,14H2,1-3H3,(H,15,17). The molecule has 1 unspecified atom stereocenters. The minimum atomic E-state index is -0.686. The lowest BCUT2D eigenvalue weighted by Gasteiger charge is -2.35. The molecular weight excluding hydrogens is 214 g/mol. The molecule has 1 aliphatic rings. The summed E-state index contributed by atoms with van der Waals surface area (Å²) in [6.45, 7) is 9.28. The highest BCUT2D eigenvalue weighted by atomic mass is 16.2. The molecule has 0 aromatic heterocycles. The largest absolute Gasteiger partial charge is 0.350 e. The Morgan fingerprint density at radius 1 is 1.41 bits per heavy atom. The number of carbonyl (C=O) groups excluding carboxylic acids is 1. The van der Waals surface area contributed by atoms with Crippen molar-refractivity contribution in [3.8, 4) is 0 Å². The number of piperidine rings is 1. The second-order valence-electron chi connectivity index (χ2n) is 5.07. The summed E-state index contributed by atoms with van der Waals surface area (Å²) in [4.78, 5) is 14.5. The average molecular weight is 241 g/mol. The van der Waals surface area contributed by atoms with E-state index >= 15 is 0 Å². The summed E-state index contributed by atoms with van der Waals surface area (Å²) in [5.41, 5.74) is 5.41. The van der Waals surface area contributed by atoms with Crippen molar-refractivity contribution in [2.45, 2.75) is 58.0 Å². The Bertz CT molecular complexity index is 251. The van der Waals surface area contributed by atoms with E-state index in [1.165, 1.54) is 0 Å². The molecule has 1 heterocycles. The highest BCUT2D eigenvalue weighted by molar-refractivity contribution is 5.86. The minimum absolute atomic E-state index is 0.0189. The van der Waals surface area contributed by atoms with Gasteiger partial charge in [0.05, 0.1) is 5.54 Å². The highest BCUT2D eigenvalue weighted by Gasteiger charge is 2.32. The molecule has 1 aliphatic heterocycles. The summed E-state index contributed by atoms with van der Waals surface area (Å²) >= 11 is 0. The van der Waals surface area contributed by atoms with Crippen LogP contribution in [0.5, 0.6) is 0 Å². The van der Waals surface area contributed by atoms with E-state index in [1.807, 2.05) is 13.8 Å². The van der Waals surface area contributed by atoms with Gasteiger partial charge in [-0.05, 0) is 38.8 Å². The molecule has 1 rings (SSSR count). The number of likely N-dealkylation sites (N-methyl/N-ethyl adjacent to an activating group) is 1. The van der Waals surface area contributed by atoms with Gasteiger partial charge in [0.15, 0.2) is 0 Å². The normalized spacial score (nSPS) is 22.5. The van der Waals surface area contributed by atoms with Crippen LogP contribution in [0.2, 0.25) is 0 Å². The van der Waals surface area contributed by atoms with Crippen LogP contribution in [0, 0.1) is 0 Å². The molecule has 0 saturated carbocycles. The van der Waals surface area contributed by atoms with E-state index in [0.717, 1.165) is 32.5 Å². The lowest BCUT2D eigenvalue weighted by atomic mass is 9.92. The van der Waals surface area contributed by atoms with Gasteiger partial charge >= 0.3 is 0 Å². The number of nitrogens with zero attached hydrogens (tertiary/aromatic N) is 1. The lowest BCUT2D eigenvalue weighted by Crippen LogP contribution is -2.58. The molecule has 1 atom stereocenters. The van der Waals surface area contributed by atoms with Crippen molar-refractivity contribution in [1.82, 2.24) is 10.2 Å². The van der Waals surface area contributed by atoms with Crippen LogP contribution in [0.1, 0.15) is 46.5 Å².